The highest BCUT2D eigenvalue weighted by Crippen LogP contribution is 2.36. The van der Waals surface area contributed by atoms with Crippen LogP contribution >= 0.6 is 0 Å². The molecule has 7 heteroatoms. The molecular weight excluding hydrogens is 331 g/mol. The zero-order valence-electron chi connectivity index (χ0n) is 14.3. The molecule has 0 bridgehead atoms. The zero-order chi connectivity index (χ0) is 17.7. The highest BCUT2D eigenvalue weighted by atomic mass is 19.1. The van der Waals surface area contributed by atoms with Crippen molar-refractivity contribution < 1.29 is 4.39 Å². The fraction of sp³-hybridized carbons (Fsp3) is 0.421. The van der Waals surface area contributed by atoms with E-state index in [-0.39, 0.29) is 0 Å². The maximum Gasteiger partial charge on any atom is 0.164 e. The first kappa shape index (κ1) is 15.5. The minimum absolute atomic E-state index is 0.445. The van der Waals surface area contributed by atoms with Crippen molar-refractivity contribution in [3.05, 3.63) is 30.2 Å². The summed E-state index contributed by atoms with van der Waals surface area (Å²) in [4.78, 5) is 16.6. The Bertz CT molecular complexity index is 1010. The lowest BCUT2D eigenvalue weighted by Crippen LogP contribution is -2.56. The van der Waals surface area contributed by atoms with Gasteiger partial charge in [0, 0.05) is 49.2 Å². The van der Waals surface area contributed by atoms with Gasteiger partial charge in [0.1, 0.15) is 17.9 Å². The number of hydrogen-bond donors (Lipinski definition) is 1. The van der Waals surface area contributed by atoms with E-state index in [0.29, 0.717) is 24.8 Å². The molecule has 132 valence electrons. The molecule has 26 heavy (non-hydrogen) atoms. The molecule has 3 aromatic rings. The number of H-pyrrole nitrogens is 1. The number of pyridine rings is 2. The Morgan fingerprint density at radius 2 is 2.04 bits per heavy atom. The number of aromatic nitrogens is 3. The molecule has 2 aliphatic heterocycles. The second kappa shape index (κ2) is 5.92. The maximum absolute atomic E-state index is 13.1. The van der Waals surface area contributed by atoms with Crippen LogP contribution in [-0.4, -0.2) is 58.2 Å². The van der Waals surface area contributed by atoms with E-state index < -0.39 is 6.17 Å². The molecule has 0 saturated carbocycles. The topological polar surface area (TPSA) is 71.8 Å². The lowest BCUT2D eigenvalue weighted by atomic mass is 9.98. The largest absolute Gasteiger partial charge is 0.368 e. The molecule has 0 radical (unpaired) electrons. The van der Waals surface area contributed by atoms with E-state index in [4.69, 9.17) is 0 Å². The smallest absolute Gasteiger partial charge is 0.164 e. The Morgan fingerprint density at radius 1 is 1.23 bits per heavy atom. The van der Waals surface area contributed by atoms with Crippen molar-refractivity contribution >= 4 is 27.6 Å². The Hall–Kier alpha value is -2.72. The molecule has 1 N–H and O–H groups in total. The van der Waals surface area contributed by atoms with Gasteiger partial charge in [0.15, 0.2) is 5.69 Å². The number of aromatic amines is 1. The number of hydrogen-bond acceptors (Lipinski definition) is 5. The number of nitrogens with one attached hydrogen (secondary N) is 1. The van der Waals surface area contributed by atoms with E-state index in [1.165, 1.54) is 0 Å². The van der Waals surface area contributed by atoms with Crippen molar-refractivity contribution in [3.8, 4) is 6.07 Å². The summed E-state index contributed by atoms with van der Waals surface area (Å²) in [5.41, 5.74) is 3.06. The van der Waals surface area contributed by atoms with Crippen molar-refractivity contribution in [3.63, 3.8) is 0 Å². The van der Waals surface area contributed by atoms with Gasteiger partial charge >= 0.3 is 0 Å². The van der Waals surface area contributed by atoms with Crippen LogP contribution < -0.4 is 4.90 Å². The minimum Gasteiger partial charge on any atom is -0.368 e. The van der Waals surface area contributed by atoms with Crippen molar-refractivity contribution in [2.24, 2.45) is 0 Å². The van der Waals surface area contributed by atoms with Gasteiger partial charge in [-0.1, -0.05) is 0 Å². The van der Waals surface area contributed by atoms with Crippen molar-refractivity contribution in [2.45, 2.75) is 25.1 Å². The van der Waals surface area contributed by atoms with Crippen LogP contribution in [0.3, 0.4) is 0 Å². The van der Waals surface area contributed by atoms with Crippen molar-refractivity contribution in [2.75, 3.05) is 31.1 Å². The first-order chi connectivity index (χ1) is 12.7. The molecule has 0 atom stereocenters. The molecule has 5 rings (SSSR count). The molecule has 2 aliphatic rings. The van der Waals surface area contributed by atoms with Crippen molar-refractivity contribution in [1.82, 2.24) is 19.9 Å². The van der Waals surface area contributed by atoms with Crippen LogP contribution in [0.15, 0.2) is 24.5 Å². The average molecular weight is 350 g/mol. The molecule has 2 saturated heterocycles. The van der Waals surface area contributed by atoms with Crippen LogP contribution in [0.5, 0.6) is 0 Å². The quantitative estimate of drug-likeness (QED) is 0.769. The minimum atomic E-state index is -0.658. The van der Waals surface area contributed by atoms with Gasteiger partial charge in [0.05, 0.1) is 17.4 Å². The lowest BCUT2D eigenvalue weighted by molar-refractivity contribution is 0.0188. The van der Waals surface area contributed by atoms with Crippen LogP contribution in [0.25, 0.3) is 21.9 Å². The first-order valence-corrected chi connectivity index (χ1v) is 9.03. The van der Waals surface area contributed by atoms with Crippen LogP contribution in [0.1, 0.15) is 18.5 Å². The highest BCUT2D eigenvalue weighted by Gasteiger charge is 2.34. The summed E-state index contributed by atoms with van der Waals surface area (Å²) in [6, 6.07) is 6.64. The molecule has 3 aromatic heterocycles. The zero-order valence-corrected chi connectivity index (χ0v) is 14.3. The van der Waals surface area contributed by atoms with Gasteiger partial charge in [-0.05, 0) is 25.0 Å². The summed E-state index contributed by atoms with van der Waals surface area (Å²) in [5.74, 6) is 0. The predicted molar refractivity (Wildman–Crippen MR) is 97.8 cm³/mol. The summed E-state index contributed by atoms with van der Waals surface area (Å²) in [6.45, 7) is 2.83. The molecular formula is C19H19FN6. The number of likely N-dealkylation sites (tertiary alicyclic amines) is 1. The molecule has 0 unspecified atom stereocenters. The number of fused-ring (bicyclic) bond motifs is 3. The Morgan fingerprint density at radius 3 is 2.77 bits per heavy atom. The SMILES string of the molecule is N#Cc1ncc2[nH]c3ncccc3c2c1N1CCC(N2CC(F)C2)CC1. The van der Waals surface area contributed by atoms with Gasteiger partial charge in [-0.3, -0.25) is 4.90 Å². The number of alkyl halides is 1. The molecule has 0 amide bonds. The summed E-state index contributed by atoms with van der Waals surface area (Å²) in [7, 11) is 0. The number of nitriles is 1. The van der Waals surface area contributed by atoms with E-state index in [9.17, 15) is 9.65 Å². The molecule has 2 fully saturated rings. The first-order valence-electron chi connectivity index (χ1n) is 9.03. The number of halogens is 1. The van der Waals surface area contributed by atoms with Crippen molar-refractivity contribution in [1.29, 1.82) is 5.26 Å². The van der Waals surface area contributed by atoms with Gasteiger partial charge in [-0.15, -0.1) is 0 Å². The standard InChI is InChI=1S/C19H19FN6/c20-12-10-26(11-12)13-3-6-25(7-4-13)18-15(8-21)23-9-16-17(18)14-2-1-5-22-19(14)24-16/h1-2,5,9,12-13H,3-4,6-7,10-11H2,(H,22,24). The molecule has 6 nitrogen and oxygen atoms in total. The van der Waals surface area contributed by atoms with Gasteiger partial charge in [-0.2, -0.15) is 5.26 Å². The average Bonchev–Trinajstić information content (AvgIpc) is 3.03. The molecule has 0 aliphatic carbocycles. The fourth-order valence-electron chi connectivity index (χ4n) is 4.30. The van der Waals surface area contributed by atoms with E-state index in [1.54, 1.807) is 12.4 Å². The third-order valence-electron chi connectivity index (χ3n) is 5.65. The van der Waals surface area contributed by atoms with Crippen LogP contribution in [-0.2, 0) is 0 Å². The van der Waals surface area contributed by atoms with E-state index in [0.717, 1.165) is 53.6 Å². The van der Waals surface area contributed by atoms with Gasteiger partial charge < -0.3 is 9.88 Å². The maximum atomic E-state index is 13.1. The Labute approximate surface area is 150 Å². The van der Waals surface area contributed by atoms with Gasteiger partial charge in [0.2, 0.25) is 0 Å². The highest BCUT2D eigenvalue weighted by molar-refractivity contribution is 6.13. The second-order valence-corrected chi connectivity index (χ2v) is 7.15. The van der Waals surface area contributed by atoms with Crippen LogP contribution in [0, 0.1) is 11.3 Å². The van der Waals surface area contributed by atoms with Crippen LogP contribution in [0.2, 0.25) is 0 Å². The van der Waals surface area contributed by atoms with E-state index in [1.807, 2.05) is 12.1 Å². The third-order valence-corrected chi connectivity index (χ3v) is 5.65. The predicted octanol–water partition coefficient (Wildman–Crippen LogP) is 2.61. The van der Waals surface area contributed by atoms with E-state index in [2.05, 4.69) is 30.8 Å². The number of rotatable bonds is 2. The third kappa shape index (κ3) is 2.33. The van der Waals surface area contributed by atoms with Gasteiger partial charge in [-0.25, -0.2) is 14.4 Å². The number of piperidine rings is 1. The molecule has 0 aromatic carbocycles. The number of nitrogens with zero attached hydrogens (tertiary/aromatic N) is 5. The monoisotopic (exact) mass is 350 g/mol. The summed E-state index contributed by atoms with van der Waals surface area (Å²) in [5, 5.41) is 11.7. The number of anilines is 1. The fourth-order valence-corrected chi connectivity index (χ4v) is 4.30. The summed E-state index contributed by atoms with van der Waals surface area (Å²) >= 11 is 0. The molecule has 5 heterocycles. The summed E-state index contributed by atoms with van der Waals surface area (Å²) in [6.07, 6.45) is 4.78. The Kier molecular flexibility index (Phi) is 3.54. The van der Waals surface area contributed by atoms with E-state index >= 15 is 0 Å². The van der Waals surface area contributed by atoms with Crippen LogP contribution in [0.4, 0.5) is 10.1 Å². The Balaban J connectivity index is 1.53. The summed E-state index contributed by atoms with van der Waals surface area (Å²) < 4.78 is 13.1. The van der Waals surface area contributed by atoms with Gasteiger partial charge in [0.25, 0.3) is 0 Å². The second-order valence-electron chi connectivity index (χ2n) is 7.15. The molecule has 0 spiro atoms. The lowest BCUT2D eigenvalue weighted by Gasteiger charge is -2.45. The normalized spacial score (nSPS) is 19.8.